The van der Waals surface area contributed by atoms with E-state index in [1.807, 2.05) is 35.1 Å². The van der Waals surface area contributed by atoms with Crippen molar-refractivity contribution in [3.8, 4) is 0 Å². The molecule has 0 saturated carbocycles. The van der Waals surface area contributed by atoms with Gasteiger partial charge < -0.3 is 5.32 Å². The highest BCUT2D eigenvalue weighted by Crippen LogP contribution is 2.29. The van der Waals surface area contributed by atoms with Gasteiger partial charge in [-0.2, -0.15) is 13.2 Å². The van der Waals surface area contributed by atoms with Crippen LogP contribution in [0.3, 0.4) is 0 Å². The molecule has 0 bridgehead atoms. The molecule has 1 saturated heterocycles. The molecule has 3 heterocycles. The first-order valence-corrected chi connectivity index (χ1v) is 13.0. The third-order valence-corrected chi connectivity index (χ3v) is 6.94. The van der Waals surface area contributed by atoms with Crippen molar-refractivity contribution >= 4 is 28.2 Å². The van der Waals surface area contributed by atoms with Crippen LogP contribution in [0.2, 0.25) is 5.02 Å². The molecule has 2 aromatic carbocycles. The van der Waals surface area contributed by atoms with E-state index in [2.05, 4.69) is 30.4 Å². The lowest BCUT2D eigenvalue weighted by Crippen LogP contribution is -2.45. The number of aryl methyl sites for hydroxylation is 1. The molecular formula is C27H29ClF3N7. The van der Waals surface area contributed by atoms with Crippen molar-refractivity contribution in [3.05, 3.63) is 82.8 Å². The summed E-state index contributed by atoms with van der Waals surface area (Å²) in [7, 11) is 0. The molecule has 11 heteroatoms. The maximum atomic E-state index is 12.8. The Morgan fingerprint density at radius 3 is 2.39 bits per heavy atom. The van der Waals surface area contributed by atoms with E-state index in [-0.39, 0.29) is 0 Å². The minimum atomic E-state index is -4.30. The summed E-state index contributed by atoms with van der Waals surface area (Å²) in [4.78, 5) is 8.98. The zero-order valence-electron chi connectivity index (χ0n) is 20.8. The summed E-state index contributed by atoms with van der Waals surface area (Å²) in [6, 6.07) is 13.1. The van der Waals surface area contributed by atoms with E-state index >= 15 is 0 Å². The summed E-state index contributed by atoms with van der Waals surface area (Å²) in [6.45, 7) is 6.41. The number of anilines is 1. The Kier molecular flexibility index (Phi) is 8.11. The highest BCUT2D eigenvalue weighted by Gasteiger charge is 2.30. The summed E-state index contributed by atoms with van der Waals surface area (Å²) in [5, 5.41) is 13.8. The first-order valence-electron chi connectivity index (χ1n) is 12.6. The van der Waals surface area contributed by atoms with E-state index in [9.17, 15) is 13.2 Å². The van der Waals surface area contributed by atoms with Crippen molar-refractivity contribution in [2.24, 2.45) is 0 Å². The second-order valence-corrected chi connectivity index (χ2v) is 9.96. The number of pyridine rings is 1. The molecule has 38 heavy (non-hydrogen) atoms. The zero-order chi connectivity index (χ0) is 26.5. The van der Waals surface area contributed by atoms with Crippen molar-refractivity contribution in [1.82, 2.24) is 29.8 Å². The zero-order valence-corrected chi connectivity index (χ0v) is 21.6. The summed E-state index contributed by atoms with van der Waals surface area (Å²) < 4.78 is 40.2. The van der Waals surface area contributed by atoms with Crippen LogP contribution >= 0.6 is 11.6 Å². The smallest absolute Gasteiger partial charge is 0.384 e. The molecule has 1 aliphatic heterocycles. The van der Waals surface area contributed by atoms with Crippen LogP contribution in [0.25, 0.3) is 10.9 Å². The van der Waals surface area contributed by atoms with Crippen molar-refractivity contribution in [2.45, 2.75) is 32.2 Å². The van der Waals surface area contributed by atoms with Gasteiger partial charge in [-0.15, -0.1) is 5.10 Å². The Balaban J connectivity index is 1.03. The van der Waals surface area contributed by atoms with Gasteiger partial charge in [0.2, 0.25) is 0 Å². The van der Waals surface area contributed by atoms with Crippen molar-refractivity contribution in [3.63, 3.8) is 0 Å². The standard InChI is InChI=1S/C27H29ClF3N7/c28-22-6-7-24-25(8-10-33-26(24)16-22)32-9-1-11-38-19-23(34-35-38)18-37-14-12-36(13-15-37)17-20-2-4-21(5-3-20)27(29,30)31/h2-8,10,16,19H,1,9,11-15,17-18H2,(H,32,33). The quantitative estimate of drug-likeness (QED) is 0.288. The maximum absolute atomic E-state index is 12.8. The fourth-order valence-electron chi connectivity index (χ4n) is 4.65. The molecule has 0 spiro atoms. The monoisotopic (exact) mass is 543 g/mol. The van der Waals surface area contributed by atoms with E-state index in [0.29, 0.717) is 11.6 Å². The fourth-order valence-corrected chi connectivity index (χ4v) is 4.82. The highest BCUT2D eigenvalue weighted by atomic mass is 35.5. The molecule has 0 atom stereocenters. The van der Waals surface area contributed by atoms with E-state index < -0.39 is 11.7 Å². The third kappa shape index (κ3) is 6.80. The number of piperazine rings is 1. The molecule has 200 valence electrons. The van der Waals surface area contributed by atoms with Crippen LogP contribution in [0.1, 0.15) is 23.2 Å². The van der Waals surface area contributed by atoms with Crippen molar-refractivity contribution in [2.75, 3.05) is 38.0 Å². The summed E-state index contributed by atoms with van der Waals surface area (Å²) in [5.41, 5.74) is 3.12. The number of hydrogen-bond donors (Lipinski definition) is 1. The van der Waals surface area contributed by atoms with Crippen LogP contribution in [0.4, 0.5) is 18.9 Å². The SMILES string of the molecule is FC(F)(F)c1ccc(CN2CCN(Cc3cn(CCCNc4ccnc5cc(Cl)ccc45)nn3)CC2)cc1. The molecule has 0 radical (unpaired) electrons. The molecule has 4 aromatic rings. The van der Waals surface area contributed by atoms with Crippen molar-refractivity contribution < 1.29 is 13.2 Å². The van der Waals surface area contributed by atoms with Gasteiger partial charge in [-0.05, 0) is 48.4 Å². The first kappa shape index (κ1) is 26.4. The van der Waals surface area contributed by atoms with Crippen LogP contribution in [-0.2, 0) is 25.8 Å². The Morgan fingerprint density at radius 2 is 1.66 bits per heavy atom. The molecule has 7 nitrogen and oxygen atoms in total. The average Bonchev–Trinajstić information content (AvgIpc) is 3.34. The predicted octanol–water partition coefficient (Wildman–Crippen LogP) is 5.32. The normalized spacial score (nSPS) is 15.3. The lowest BCUT2D eigenvalue weighted by atomic mass is 10.1. The maximum Gasteiger partial charge on any atom is 0.416 e. The van der Waals surface area contributed by atoms with Gasteiger partial charge >= 0.3 is 6.18 Å². The third-order valence-electron chi connectivity index (χ3n) is 6.71. The van der Waals surface area contributed by atoms with E-state index in [1.165, 1.54) is 0 Å². The summed E-state index contributed by atoms with van der Waals surface area (Å²) in [5.74, 6) is 0. The van der Waals surface area contributed by atoms with Gasteiger partial charge in [-0.25, -0.2) is 0 Å². The number of halogens is 4. The molecule has 1 fully saturated rings. The lowest BCUT2D eigenvalue weighted by molar-refractivity contribution is -0.137. The Bertz CT molecular complexity index is 1350. The number of fused-ring (bicyclic) bond motifs is 1. The van der Waals surface area contributed by atoms with Gasteiger partial charge in [0.15, 0.2) is 0 Å². The number of benzene rings is 2. The van der Waals surface area contributed by atoms with Crippen molar-refractivity contribution in [1.29, 1.82) is 0 Å². The van der Waals surface area contributed by atoms with Crippen LogP contribution in [0.15, 0.2) is 60.9 Å². The number of alkyl halides is 3. The topological polar surface area (TPSA) is 62.1 Å². The molecule has 0 unspecified atom stereocenters. The van der Waals surface area contributed by atoms with Crippen LogP contribution in [0.5, 0.6) is 0 Å². The van der Waals surface area contributed by atoms with Gasteiger partial charge in [0.25, 0.3) is 0 Å². The molecule has 0 amide bonds. The predicted molar refractivity (Wildman–Crippen MR) is 142 cm³/mol. The Morgan fingerprint density at radius 1 is 0.921 bits per heavy atom. The minimum Gasteiger partial charge on any atom is -0.384 e. The molecule has 1 aliphatic rings. The molecular weight excluding hydrogens is 515 g/mol. The average molecular weight is 544 g/mol. The first-order chi connectivity index (χ1) is 18.3. The summed E-state index contributed by atoms with van der Waals surface area (Å²) in [6.07, 6.45) is 0.369. The molecule has 1 N–H and O–H groups in total. The van der Waals surface area contributed by atoms with E-state index in [1.54, 1.807) is 18.3 Å². The van der Waals surface area contributed by atoms with Crippen LogP contribution < -0.4 is 5.32 Å². The van der Waals surface area contributed by atoms with E-state index in [4.69, 9.17) is 11.6 Å². The van der Waals surface area contributed by atoms with Crippen LogP contribution in [-0.4, -0.2) is 62.5 Å². The van der Waals surface area contributed by atoms with Crippen LogP contribution in [0, 0.1) is 0 Å². The Labute approximate surface area is 224 Å². The number of hydrogen-bond acceptors (Lipinski definition) is 6. The largest absolute Gasteiger partial charge is 0.416 e. The van der Waals surface area contributed by atoms with Gasteiger partial charge in [-0.1, -0.05) is 28.9 Å². The number of rotatable bonds is 9. The van der Waals surface area contributed by atoms with Gasteiger partial charge in [0.1, 0.15) is 0 Å². The molecule has 5 rings (SSSR count). The second kappa shape index (κ2) is 11.7. The number of aromatic nitrogens is 4. The van der Waals surface area contributed by atoms with E-state index in [0.717, 1.165) is 92.2 Å². The lowest BCUT2D eigenvalue weighted by Gasteiger charge is -2.34. The minimum absolute atomic E-state index is 0.608. The van der Waals surface area contributed by atoms with Gasteiger partial charge in [0, 0.05) is 80.8 Å². The fraction of sp³-hybridized carbons (Fsp3) is 0.370. The molecule has 0 aliphatic carbocycles. The number of nitrogens with one attached hydrogen (secondary N) is 1. The molecule has 2 aromatic heterocycles. The Hall–Kier alpha value is -3.21. The summed E-state index contributed by atoms with van der Waals surface area (Å²) >= 11 is 6.07. The van der Waals surface area contributed by atoms with Gasteiger partial charge in [0.05, 0.1) is 16.8 Å². The highest BCUT2D eigenvalue weighted by molar-refractivity contribution is 6.31. The second-order valence-electron chi connectivity index (χ2n) is 9.52. The van der Waals surface area contributed by atoms with Gasteiger partial charge in [-0.3, -0.25) is 19.5 Å². The number of nitrogens with zero attached hydrogens (tertiary/aromatic N) is 6.